The lowest BCUT2D eigenvalue weighted by atomic mass is 10.1. The minimum atomic E-state index is -0.188. The zero-order valence-electron chi connectivity index (χ0n) is 18.4. The van der Waals surface area contributed by atoms with Crippen molar-refractivity contribution in [2.45, 2.75) is 63.6 Å². The summed E-state index contributed by atoms with van der Waals surface area (Å²) in [6.07, 6.45) is 5.11. The van der Waals surface area contributed by atoms with E-state index in [2.05, 4.69) is 51.0 Å². The minimum absolute atomic E-state index is 0.0322. The van der Waals surface area contributed by atoms with E-state index in [1.165, 1.54) is 10.9 Å². The van der Waals surface area contributed by atoms with Crippen molar-refractivity contribution < 1.29 is 14.6 Å². The average molecular weight is 427 g/mol. The van der Waals surface area contributed by atoms with E-state index >= 15 is 0 Å². The van der Waals surface area contributed by atoms with Gasteiger partial charge < -0.3 is 19.7 Å². The molecular formula is C24H34N4O3. The van der Waals surface area contributed by atoms with Gasteiger partial charge in [-0.1, -0.05) is 18.2 Å². The van der Waals surface area contributed by atoms with E-state index < -0.39 is 0 Å². The molecule has 7 nitrogen and oxygen atoms in total. The van der Waals surface area contributed by atoms with E-state index in [-0.39, 0.29) is 18.1 Å². The van der Waals surface area contributed by atoms with Crippen LogP contribution in [0.5, 0.6) is 0 Å². The number of nitrogens with one attached hydrogen (secondary N) is 1. The first kappa shape index (κ1) is 20.9. The van der Waals surface area contributed by atoms with E-state index in [1.807, 2.05) is 6.07 Å². The molecule has 4 atom stereocenters. The summed E-state index contributed by atoms with van der Waals surface area (Å²) in [6, 6.07) is 9.25. The molecule has 5 rings (SSSR count). The Hall–Kier alpha value is -1.93. The molecule has 4 heterocycles. The molecule has 2 N–H and O–H groups in total. The molecule has 0 radical (unpaired) electrons. The number of benzene rings is 1. The van der Waals surface area contributed by atoms with Crippen LogP contribution in [-0.2, 0) is 22.6 Å². The van der Waals surface area contributed by atoms with E-state index in [9.17, 15) is 9.90 Å². The van der Waals surface area contributed by atoms with Crippen LogP contribution in [0.15, 0.2) is 30.5 Å². The van der Waals surface area contributed by atoms with Gasteiger partial charge in [-0.3, -0.25) is 14.6 Å². The summed E-state index contributed by atoms with van der Waals surface area (Å²) >= 11 is 0. The second-order valence-electron chi connectivity index (χ2n) is 9.51. The second kappa shape index (κ2) is 8.90. The number of piperazine rings is 1. The molecule has 168 valence electrons. The number of fused-ring (bicyclic) bond motifs is 2. The summed E-state index contributed by atoms with van der Waals surface area (Å²) < 4.78 is 7.69. The molecule has 3 aliphatic heterocycles. The number of amides is 1. The Bertz CT molecular complexity index is 923. The van der Waals surface area contributed by atoms with Gasteiger partial charge in [0.05, 0.1) is 12.2 Å². The van der Waals surface area contributed by atoms with E-state index in [1.54, 1.807) is 0 Å². The molecule has 7 heteroatoms. The fourth-order valence-corrected chi connectivity index (χ4v) is 5.54. The van der Waals surface area contributed by atoms with Crippen molar-refractivity contribution in [3.05, 3.63) is 36.0 Å². The SMILES string of the molecule is C[C@@H]1CN2C[C@H](O)C[C@@H]2CN1Cc1cn(CC(=O)NC[C@H]2CCCO2)c2ccccc12. The van der Waals surface area contributed by atoms with Gasteiger partial charge >= 0.3 is 0 Å². The maximum absolute atomic E-state index is 12.6. The third-order valence-electron chi connectivity index (χ3n) is 7.18. The Labute approximate surface area is 183 Å². The lowest BCUT2D eigenvalue weighted by Crippen LogP contribution is -2.54. The van der Waals surface area contributed by atoms with Crippen molar-refractivity contribution in [3.8, 4) is 0 Å². The fourth-order valence-electron chi connectivity index (χ4n) is 5.54. The largest absolute Gasteiger partial charge is 0.392 e. The fraction of sp³-hybridized carbons (Fsp3) is 0.625. The van der Waals surface area contributed by atoms with Gasteiger partial charge in [0.1, 0.15) is 6.54 Å². The Kier molecular flexibility index (Phi) is 6.01. The highest BCUT2D eigenvalue weighted by atomic mass is 16.5. The third kappa shape index (κ3) is 4.51. The van der Waals surface area contributed by atoms with Crippen molar-refractivity contribution in [1.29, 1.82) is 0 Å². The molecule has 1 aromatic carbocycles. The van der Waals surface area contributed by atoms with Crippen LogP contribution in [0.4, 0.5) is 0 Å². The van der Waals surface area contributed by atoms with Gasteiger partial charge in [-0.2, -0.15) is 0 Å². The first-order chi connectivity index (χ1) is 15.1. The molecular weight excluding hydrogens is 392 g/mol. The maximum Gasteiger partial charge on any atom is 0.240 e. The molecule has 0 saturated carbocycles. The lowest BCUT2D eigenvalue weighted by molar-refractivity contribution is -0.122. The predicted molar refractivity (Wildman–Crippen MR) is 120 cm³/mol. The molecule has 3 aliphatic rings. The van der Waals surface area contributed by atoms with E-state index in [0.29, 0.717) is 25.2 Å². The molecule has 0 aliphatic carbocycles. The molecule has 0 bridgehead atoms. The number of nitrogens with zero attached hydrogens (tertiary/aromatic N) is 3. The molecule has 3 saturated heterocycles. The van der Waals surface area contributed by atoms with Crippen molar-refractivity contribution in [3.63, 3.8) is 0 Å². The van der Waals surface area contributed by atoms with Crippen LogP contribution in [0.1, 0.15) is 31.7 Å². The monoisotopic (exact) mass is 426 g/mol. The molecule has 0 unspecified atom stereocenters. The molecule has 1 aromatic heterocycles. The highest BCUT2D eigenvalue weighted by Gasteiger charge is 2.38. The number of para-hydroxylation sites is 1. The normalized spacial score (nSPS) is 29.5. The molecule has 0 spiro atoms. The first-order valence-electron chi connectivity index (χ1n) is 11.7. The Balaban J connectivity index is 1.28. The number of carbonyl (C=O) groups is 1. The Morgan fingerprint density at radius 1 is 1.26 bits per heavy atom. The van der Waals surface area contributed by atoms with Crippen LogP contribution in [0.2, 0.25) is 0 Å². The summed E-state index contributed by atoms with van der Waals surface area (Å²) in [4.78, 5) is 17.6. The minimum Gasteiger partial charge on any atom is -0.392 e. The van der Waals surface area contributed by atoms with Crippen molar-refractivity contribution in [2.75, 3.05) is 32.8 Å². The van der Waals surface area contributed by atoms with Crippen molar-refractivity contribution in [1.82, 2.24) is 19.7 Å². The number of ether oxygens (including phenoxy) is 1. The number of rotatable bonds is 6. The molecule has 1 amide bonds. The van der Waals surface area contributed by atoms with Gasteiger partial charge in [0.2, 0.25) is 5.91 Å². The smallest absolute Gasteiger partial charge is 0.240 e. The number of hydrogen-bond donors (Lipinski definition) is 2. The van der Waals surface area contributed by atoms with Crippen LogP contribution in [0.3, 0.4) is 0 Å². The van der Waals surface area contributed by atoms with Crippen LogP contribution in [-0.4, -0.2) is 82.5 Å². The van der Waals surface area contributed by atoms with Crippen molar-refractivity contribution in [2.24, 2.45) is 0 Å². The van der Waals surface area contributed by atoms with Gasteiger partial charge in [0.15, 0.2) is 0 Å². The first-order valence-corrected chi connectivity index (χ1v) is 11.7. The van der Waals surface area contributed by atoms with E-state index in [4.69, 9.17) is 4.74 Å². The zero-order chi connectivity index (χ0) is 21.4. The van der Waals surface area contributed by atoms with E-state index in [0.717, 1.165) is 57.6 Å². The second-order valence-corrected chi connectivity index (χ2v) is 9.51. The number of aromatic nitrogens is 1. The van der Waals surface area contributed by atoms with Gasteiger partial charge in [-0.25, -0.2) is 0 Å². The third-order valence-corrected chi connectivity index (χ3v) is 7.18. The summed E-state index contributed by atoms with van der Waals surface area (Å²) in [6.45, 7) is 7.67. The van der Waals surface area contributed by atoms with Gasteiger partial charge in [0.25, 0.3) is 0 Å². The van der Waals surface area contributed by atoms with Crippen LogP contribution >= 0.6 is 0 Å². The lowest BCUT2D eigenvalue weighted by Gasteiger charge is -2.42. The number of hydrogen-bond acceptors (Lipinski definition) is 5. The number of aliphatic hydroxyl groups excluding tert-OH is 1. The van der Waals surface area contributed by atoms with Gasteiger partial charge in [-0.05, 0) is 37.8 Å². The summed E-state index contributed by atoms with van der Waals surface area (Å²) in [5, 5.41) is 14.3. The number of carbonyl (C=O) groups excluding carboxylic acids is 1. The maximum atomic E-state index is 12.6. The average Bonchev–Trinajstić information content (AvgIpc) is 3.47. The Morgan fingerprint density at radius 3 is 2.97 bits per heavy atom. The number of aliphatic hydroxyl groups is 1. The standard InChI is InChI=1S/C24H34N4O3/c1-17-11-27-15-20(29)9-19(27)14-26(17)12-18-13-28(23-7-3-2-6-22(18)23)16-24(30)25-10-21-5-4-8-31-21/h2-3,6-7,13,17,19-21,29H,4-5,8-12,14-16H2,1H3,(H,25,30)/t17-,19-,20-,21-/m1/s1. The van der Waals surface area contributed by atoms with Gasteiger partial charge in [0, 0.05) is 68.5 Å². The van der Waals surface area contributed by atoms with Crippen LogP contribution in [0.25, 0.3) is 10.9 Å². The zero-order valence-corrected chi connectivity index (χ0v) is 18.4. The van der Waals surface area contributed by atoms with Gasteiger partial charge in [-0.15, -0.1) is 0 Å². The van der Waals surface area contributed by atoms with Crippen LogP contribution in [0, 0.1) is 0 Å². The van der Waals surface area contributed by atoms with Crippen LogP contribution < -0.4 is 5.32 Å². The molecule has 31 heavy (non-hydrogen) atoms. The summed E-state index contributed by atoms with van der Waals surface area (Å²) in [7, 11) is 0. The quantitative estimate of drug-likeness (QED) is 0.734. The van der Waals surface area contributed by atoms with Crippen molar-refractivity contribution >= 4 is 16.8 Å². The highest BCUT2D eigenvalue weighted by Crippen LogP contribution is 2.28. The molecule has 2 aromatic rings. The molecule has 3 fully saturated rings. The Morgan fingerprint density at radius 2 is 2.13 bits per heavy atom. The predicted octanol–water partition coefficient (Wildman–Crippen LogP) is 1.58. The summed E-state index contributed by atoms with van der Waals surface area (Å²) in [5.74, 6) is 0.0322. The highest BCUT2D eigenvalue weighted by molar-refractivity contribution is 5.86. The topological polar surface area (TPSA) is 70.0 Å². The summed E-state index contributed by atoms with van der Waals surface area (Å²) in [5.41, 5.74) is 2.37.